The third-order valence-electron chi connectivity index (χ3n) is 3.59. The first-order valence-electron chi connectivity index (χ1n) is 6.72. The number of fused-ring (bicyclic) bond motifs is 1. The van der Waals surface area contributed by atoms with E-state index in [1.54, 1.807) is 6.07 Å². The smallest absolute Gasteiger partial charge is 0.163 e. The number of hydrogen-bond donors (Lipinski definition) is 1. The third kappa shape index (κ3) is 2.36. The molecule has 0 saturated heterocycles. The minimum absolute atomic E-state index is 0.336. The van der Waals surface area contributed by atoms with Gasteiger partial charge in [0.15, 0.2) is 5.82 Å². The van der Waals surface area contributed by atoms with Gasteiger partial charge in [0.25, 0.3) is 0 Å². The zero-order chi connectivity index (χ0) is 14.1. The van der Waals surface area contributed by atoms with Crippen molar-refractivity contribution in [1.29, 1.82) is 0 Å². The number of aromatic nitrogens is 2. The summed E-state index contributed by atoms with van der Waals surface area (Å²) in [6, 6.07) is 4.30. The molecular formula is C15H15ClFN3. The van der Waals surface area contributed by atoms with Crippen molar-refractivity contribution in [2.75, 3.05) is 12.4 Å². The minimum atomic E-state index is -0.356. The van der Waals surface area contributed by atoms with Crippen molar-refractivity contribution < 1.29 is 4.39 Å². The van der Waals surface area contributed by atoms with Crippen molar-refractivity contribution >= 4 is 17.4 Å². The monoisotopic (exact) mass is 291 g/mol. The Labute approximate surface area is 122 Å². The summed E-state index contributed by atoms with van der Waals surface area (Å²) in [7, 11) is 1.85. The molecule has 1 aromatic carbocycles. The molecular weight excluding hydrogens is 277 g/mol. The SMILES string of the molecule is CNc1nc(-c2ccc(F)cc2Cl)nc2c1CCCC2. The van der Waals surface area contributed by atoms with Gasteiger partial charge in [0.1, 0.15) is 11.6 Å². The lowest BCUT2D eigenvalue weighted by atomic mass is 9.96. The maximum Gasteiger partial charge on any atom is 0.163 e. The van der Waals surface area contributed by atoms with Gasteiger partial charge in [-0.05, 0) is 43.9 Å². The molecule has 2 aromatic rings. The highest BCUT2D eigenvalue weighted by Crippen LogP contribution is 2.31. The van der Waals surface area contributed by atoms with Crippen molar-refractivity contribution in [3.63, 3.8) is 0 Å². The average Bonchev–Trinajstić information content (AvgIpc) is 2.46. The third-order valence-corrected chi connectivity index (χ3v) is 3.90. The Hall–Kier alpha value is -1.68. The van der Waals surface area contributed by atoms with E-state index in [9.17, 15) is 4.39 Å². The van der Waals surface area contributed by atoms with Gasteiger partial charge < -0.3 is 5.32 Å². The van der Waals surface area contributed by atoms with Gasteiger partial charge in [0, 0.05) is 23.9 Å². The molecule has 1 N–H and O–H groups in total. The number of benzene rings is 1. The first-order valence-corrected chi connectivity index (χ1v) is 7.10. The molecule has 0 aliphatic heterocycles. The Balaban J connectivity index is 2.14. The molecule has 5 heteroatoms. The number of anilines is 1. The molecule has 104 valence electrons. The van der Waals surface area contributed by atoms with Crippen molar-refractivity contribution in [3.05, 3.63) is 40.3 Å². The summed E-state index contributed by atoms with van der Waals surface area (Å²) < 4.78 is 13.1. The van der Waals surface area contributed by atoms with Gasteiger partial charge in [-0.25, -0.2) is 14.4 Å². The summed E-state index contributed by atoms with van der Waals surface area (Å²) in [6.45, 7) is 0. The fourth-order valence-corrected chi connectivity index (χ4v) is 2.84. The number of nitrogens with zero attached hydrogens (tertiary/aromatic N) is 2. The van der Waals surface area contributed by atoms with Crippen LogP contribution in [-0.2, 0) is 12.8 Å². The van der Waals surface area contributed by atoms with E-state index < -0.39 is 0 Å². The highest BCUT2D eigenvalue weighted by atomic mass is 35.5. The largest absolute Gasteiger partial charge is 0.373 e. The van der Waals surface area contributed by atoms with E-state index >= 15 is 0 Å². The maximum atomic E-state index is 13.1. The molecule has 0 radical (unpaired) electrons. The maximum absolute atomic E-state index is 13.1. The lowest BCUT2D eigenvalue weighted by Gasteiger charge is -2.19. The molecule has 3 nitrogen and oxygen atoms in total. The van der Waals surface area contributed by atoms with E-state index in [-0.39, 0.29) is 5.82 Å². The molecule has 0 unspecified atom stereocenters. The Bertz CT molecular complexity index is 641. The van der Waals surface area contributed by atoms with E-state index in [0.29, 0.717) is 16.4 Å². The van der Waals surface area contributed by atoms with Crippen molar-refractivity contribution in [3.8, 4) is 11.4 Å². The van der Waals surface area contributed by atoms with Gasteiger partial charge in [-0.1, -0.05) is 11.6 Å². The molecule has 0 saturated carbocycles. The predicted octanol–water partition coefficient (Wildman–Crippen LogP) is 3.86. The quantitative estimate of drug-likeness (QED) is 0.913. The molecule has 1 aromatic heterocycles. The number of rotatable bonds is 2. The van der Waals surface area contributed by atoms with E-state index in [4.69, 9.17) is 11.6 Å². The molecule has 20 heavy (non-hydrogen) atoms. The van der Waals surface area contributed by atoms with E-state index in [2.05, 4.69) is 15.3 Å². The van der Waals surface area contributed by atoms with Crippen LogP contribution in [-0.4, -0.2) is 17.0 Å². The number of nitrogens with one attached hydrogen (secondary N) is 1. The van der Waals surface area contributed by atoms with Gasteiger partial charge in [0.2, 0.25) is 0 Å². The lowest BCUT2D eigenvalue weighted by Crippen LogP contribution is -2.12. The van der Waals surface area contributed by atoms with E-state index in [1.807, 2.05) is 7.05 Å². The van der Waals surface area contributed by atoms with Crippen LogP contribution in [0.25, 0.3) is 11.4 Å². The second-order valence-corrected chi connectivity index (χ2v) is 5.31. The first-order chi connectivity index (χ1) is 9.69. The van der Waals surface area contributed by atoms with Crippen LogP contribution in [0, 0.1) is 5.82 Å². The molecule has 0 atom stereocenters. The van der Waals surface area contributed by atoms with Crippen LogP contribution in [0.15, 0.2) is 18.2 Å². The fourth-order valence-electron chi connectivity index (χ4n) is 2.59. The summed E-state index contributed by atoms with van der Waals surface area (Å²) in [4.78, 5) is 9.16. The number of aryl methyl sites for hydroxylation is 1. The van der Waals surface area contributed by atoms with Crippen molar-refractivity contribution in [2.24, 2.45) is 0 Å². The zero-order valence-electron chi connectivity index (χ0n) is 11.2. The van der Waals surface area contributed by atoms with Crippen LogP contribution in [0.3, 0.4) is 0 Å². The molecule has 0 bridgehead atoms. The standard InChI is InChI=1S/C15H15ClFN3/c1-18-14-11-4-2-3-5-13(11)19-15(20-14)10-7-6-9(17)8-12(10)16/h6-8H,2-5H2,1H3,(H,18,19,20). The Morgan fingerprint density at radius 1 is 1.20 bits per heavy atom. The number of hydrogen-bond acceptors (Lipinski definition) is 3. The summed E-state index contributed by atoms with van der Waals surface area (Å²) in [5.74, 6) is 1.05. The van der Waals surface area contributed by atoms with Crippen molar-refractivity contribution in [1.82, 2.24) is 9.97 Å². The molecule has 1 aliphatic carbocycles. The second-order valence-electron chi connectivity index (χ2n) is 4.90. The lowest BCUT2D eigenvalue weighted by molar-refractivity contribution is 0.628. The first kappa shape index (κ1) is 13.3. The summed E-state index contributed by atoms with van der Waals surface area (Å²) in [6.07, 6.45) is 4.27. The predicted molar refractivity (Wildman–Crippen MR) is 78.6 cm³/mol. The highest BCUT2D eigenvalue weighted by molar-refractivity contribution is 6.33. The molecule has 0 spiro atoms. The van der Waals surface area contributed by atoms with Crippen LogP contribution < -0.4 is 5.32 Å². The Morgan fingerprint density at radius 3 is 2.75 bits per heavy atom. The molecule has 1 heterocycles. The molecule has 3 rings (SSSR count). The van der Waals surface area contributed by atoms with Crippen LogP contribution in [0.1, 0.15) is 24.1 Å². The topological polar surface area (TPSA) is 37.8 Å². The van der Waals surface area contributed by atoms with Crippen LogP contribution in [0.5, 0.6) is 0 Å². The van der Waals surface area contributed by atoms with Gasteiger partial charge >= 0.3 is 0 Å². The summed E-state index contributed by atoms with van der Waals surface area (Å²) in [5, 5.41) is 3.46. The molecule has 0 amide bonds. The Kier molecular flexibility index (Phi) is 3.57. The fraction of sp³-hybridized carbons (Fsp3) is 0.333. The van der Waals surface area contributed by atoms with Gasteiger partial charge in [-0.3, -0.25) is 0 Å². The minimum Gasteiger partial charge on any atom is -0.373 e. The second kappa shape index (κ2) is 5.37. The molecule has 0 fully saturated rings. The zero-order valence-corrected chi connectivity index (χ0v) is 12.0. The highest BCUT2D eigenvalue weighted by Gasteiger charge is 2.18. The van der Waals surface area contributed by atoms with E-state index in [0.717, 1.165) is 30.8 Å². The van der Waals surface area contributed by atoms with E-state index in [1.165, 1.54) is 24.1 Å². The van der Waals surface area contributed by atoms with Gasteiger partial charge in [-0.2, -0.15) is 0 Å². The summed E-state index contributed by atoms with van der Waals surface area (Å²) in [5.41, 5.74) is 2.93. The molecule has 1 aliphatic rings. The number of halogens is 2. The van der Waals surface area contributed by atoms with Gasteiger partial charge in [-0.15, -0.1) is 0 Å². The summed E-state index contributed by atoms with van der Waals surface area (Å²) >= 11 is 6.10. The average molecular weight is 292 g/mol. The van der Waals surface area contributed by atoms with Crippen LogP contribution in [0.4, 0.5) is 10.2 Å². The van der Waals surface area contributed by atoms with Crippen molar-refractivity contribution in [2.45, 2.75) is 25.7 Å². The van der Waals surface area contributed by atoms with Gasteiger partial charge in [0.05, 0.1) is 5.02 Å². The van der Waals surface area contributed by atoms with Crippen LogP contribution >= 0.6 is 11.6 Å². The van der Waals surface area contributed by atoms with Crippen LogP contribution in [0.2, 0.25) is 5.02 Å². The normalized spacial score (nSPS) is 13.9. The Morgan fingerprint density at radius 2 is 2.00 bits per heavy atom.